The van der Waals surface area contributed by atoms with E-state index in [0.29, 0.717) is 18.4 Å². The first kappa shape index (κ1) is 16.7. The Balaban J connectivity index is 2.21. The van der Waals surface area contributed by atoms with Crippen molar-refractivity contribution in [2.24, 2.45) is 5.92 Å². The van der Waals surface area contributed by atoms with Gasteiger partial charge in [-0.3, -0.25) is 0 Å². The van der Waals surface area contributed by atoms with Gasteiger partial charge in [-0.15, -0.1) is 0 Å². The zero-order chi connectivity index (χ0) is 18.0. The number of esters is 1. The van der Waals surface area contributed by atoms with Crippen molar-refractivity contribution in [3.63, 3.8) is 0 Å². The number of aliphatic carboxylic acids is 1. The number of nitriles is 1. The van der Waals surface area contributed by atoms with Crippen LogP contribution in [0.2, 0.25) is 0 Å². The number of aryl methyl sites for hydroxylation is 2. The van der Waals surface area contributed by atoms with Gasteiger partial charge in [-0.1, -0.05) is 30.3 Å². The fourth-order valence-electron chi connectivity index (χ4n) is 3.50. The van der Waals surface area contributed by atoms with Gasteiger partial charge in [0.15, 0.2) is 0 Å². The van der Waals surface area contributed by atoms with Crippen LogP contribution in [0.4, 0.5) is 0 Å². The highest BCUT2D eigenvalue weighted by Gasteiger charge is 2.31. The Kier molecular flexibility index (Phi) is 4.53. The van der Waals surface area contributed by atoms with E-state index in [9.17, 15) is 20.0 Å². The molecule has 0 spiro atoms. The van der Waals surface area contributed by atoms with Crippen molar-refractivity contribution in [3.8, 4) is 6.07 Å². The number of hydrogen-bond acceptors (Lipinski definition) is 5. The van der Waals surface area contributed by atoms with Gasteiger partial charge in [0.25, 0.3) is 0 Å². The average molecular weight is 334 g/mol. The van der Waals surface area contributed by atoms with Gasteiger partial charge in [-0.25, -0.2) is 4.79 Å². The predicted octanol–water partition coefficient (Wildman–Crippen LogP) is 1.59. The maximum Gasteiger partial charge on any atom is 0.337 e. The summed E-state index contributed by atoms with van der Waals surface area (Å²) in [7, 11) is 1.31. The van der Waals surface area contributed by atoms with Gasteiger partial charge >= 0.3 is 5.97 Å². The molecule has 0 saturated heterocycles. The van der Waals surface area contributed by atoms with Crippen molar-refractivity contribution < 1.29 is 19.4 Å². The molecule has 2 atom stereocenters. The summed E-state index contributed by atoms with van der Waals surface area (Å²) in [6, 6.07) is 14.5. The second kappa shape index (κ2) is 6.78. The summed E-state index contributed by atoms with van der Waals surface area (Å²) in [5.74, 6) is -3.78. The Labute approximate surface area is 145 Å². The third-order valence-corrected chi connectivity index (χ3v) is 4.68. The lowest BCUT2D eigenvalue weighted by Crippen LogP contribution is -2.35. The topological polar surface area (TPSA) is 90.2 Å². The zero-order valence-electron chi connectivity index (χ0n) is 13.7. The van der Waals surface area contributed by atoms with E-state index in [1.165, 1.54) is 7.11 Å². The number of hydrogen-bond donors (Lipinski definition) is 0. The molecule has 5 nitrogen and oxygen atoms in total. The molecule has 0 heterocycles. The number of nitrogens with zero attached hydrogens (tertiary/aromatic N) is 1. The molecule has 126 valence electrons. The van der Waals surface area contributed by atoms with E-state index >= 15 is 0 Å². The van der Waals surface area contributed by atoms with Gasteiger partial charge in [0, 0.05) is 5.92 Å². The van der Waals surface area contributed by atoms with Crippen molar-refractivity contribution in [2.45, 2.75) is 18.8 Å². The number of carboxylic acid groups (broad SMARTS) is 1. The van der Waals surface area contributed by atoms with Gasteiger partial charge in [0.05, 0.1) is 30.6 Å². The molecule has 1 aliphatic rings. The number of carbonyl (C=O) groups is 2. The molecule has 0 fully saturated rings. The summed E-state index contributed by atoms with van der Waals surface area (Å²) in [6.07, 6.45) is 1.36. The maximum absolute atomic E-state index is 11.8. The number of methoxy groups -OCH3 is 1. The highest BCUT2D eigenvalue weighted by atomic mass is 16.5. The van der Waals surface area contributed by atoms with Crippen molar-refractivity contribution in [1.82, 2.24) is 0 Å². The number of fused-ring (bicyclic) bond motifs is 2. The Hall–Kier alpha value is -3.13. The van der Waals surface area contributed by atoms with Crippen molar-refractivity contribution >= 4 is 11.9 Å². The van der Waals surface area contributed by atoms with Crippen LogP contribution < -0.4 is 5.11 Å². The van der Waals surface area contributed by atoms with Gasteiger partial charge in [-0.2, -0.15) is 5.26 Å². The first-order chi connectivity index (χ1) is 12.1. The number of ether oxygens (including phenoxy) is 1. The summed E-state index contributed by atoms with van der Waals surface area (Å²) >= 11 is 0. The van der Waals surface area contributed by atoms with Gasteiger partial charge in [0.2, 0.25) is 0 Å². The number of rotatable bonds is 3. The number of carbonyl (C=O) groups excluding carboxylic acids is 2. The van der Waals surface area contributed by atoms with Crippen LogP contribution in [0.1, 0.15) is 38.5 Å². The molecule has 25 heavy (non-hydrogen) atoms. The molecule has 0 aliphatic heterocycles. The second-order valence-corrected chi connectivity index (χ2v) is 6.01. The minimum Gasteiger partial charge on any atom is -0.549 e. The molecule has 5 heteroatoms. The van der Waals surface area contributed by atoms with E-state index in [1.807, 2.05) is 30.3 Å². The average Bonchev–Trinajstić information content (AvgIpc) is 2.79. The molecule has 0 N–H and O–H groups in total. The van der Waals surface area contributed by atoms with Gasteiger partial charge in [-0.05, 0) is 47.2 Å². The zero-order valence-corrected chi connectivity index (χ0v) is 13.7. The summed E-state index contributed by atoms with van der Waals surface area (Å²) in [5.41, 5.74) is 3.83. The van der Waals surface area contributed by atoms with Crippen molar-refractivity contribution in [3.05, 3.63) is 70.3 Å². The Bertz CT molecular complexity index is 882. The van der Waals surface area contributed by atoms with Gasteiger partial charge in [0.1, 0.15) is 0 Å². The molecule has 0 bridgehead atoms. The van der Waals surface area contributed by atoms with Crippen LogP contribution in [-0.4, -0.2) is 19.0 Å². The van der Waals surface area contributed by atoms with Crippen LogP contribution >= 0.6 is 0 Å². The minimum atomic E-state index is -1.40. The monoisotopic (exact) mass is 334 g/mol. The lowest BCUT2D eigenvalue weighted by molar-refractivity contribution is -0.309. The first-order valence-electron chi connectivity index (χ1n) is 7.96. The van der Waals surface area contributed by atoms with Crippen molar-refractivity contribution in [2.75, 3.05) is 7.11 Å². The lowest BCUT2D eigenvalue weighted by atomic mass is 9.79. The quantitative estimate of drug-likeness (QED) is 0.795. The largest absolute Gasteiger partial charge is 0.549 e. The molecular formula is C20H16NO4-. The number of benzene rings is 2. The van der Waals surface area contributed by atoms with E-state index in [-0.39, 0.29) is 0 Å². The molecule has 0 aromatic heterocycles. The SMILES string of the molecule is COC(=O)c1ccc2c(c1)CCc1ccccc1C2C(C#N)C(=O)[O-]. The Morgan fingerprint density at radius 2 is 1.84 bits per heavy atom. The van der Waals surface area contributed by atoms with Crippen LogP contribution in [0.5, 0.6) is 0 Å². The number of carboxylic acids is 1. The van der Waals surface area contributed by atoms with Crippen molar-refractivity contribution in [1.29, 1.82) is 5.26 Å². The maximum atomic E-state index is 11.8. The molecular weight excluding hydrogens is 318 g/mol. The van der Waals surface area contributed by atoms with E-state index < -0.39 is 23.8 Å². The Morgan fingerprint density at radius 1 is 1.16 bits per heavy atom. The van der Waals surface area contributed by atoms with E-state index in [2.05, 4.69) is 0 Å². The van der Waals surface area contributed by atoms with Crippen LogP contribution in [0, 0.1) is 17.2 Å². The normalized spacial score (nSPS) is 16.6. The van der Waals surface area contributed by atoms with Crippen LogP contribution in [0.3, 0.4) is 0 Å². The smallest absolute Gasteiger partial charge is 0.337 e. The fourth-order valence-corrected chi connectivity index (χ4v) is 3.50. The highest BCUT2D eigenvalue weighted by Crippen LogP contribution is 2.39. The summed E-state index contributed by atoms with van der Waals surface area (Å²) in [6.45, 7) is 0. The summed E-state index contributed by atoms with van der Waals surface area (Å²) in [5, 5.41) is 21.0. The highest BCUT2D eigenvalue weighted by molar-refractivity contribution is 5.89. The molecule has 2 aromatic carbocycles. The molecule has 3 rings (SSSR count). The molecule has 0 amide bonds. The van der Waals surface area contributed by atoms with Crippen LogP contribution in [0.25, 0.3) is 0 Å². The minimum absolute atomic E-state index is 0.410. The Morgan fingerprint density at radius 3 is 2.52 bits per heavy atom. The standard InChI is InChI=1S/C20H17NO4/c1-25-20(24)14-8-9-16-13(10-14)7-6-12-4-2-3-5-15(12)18(16)17(11-21)19(22)23/h2-5,8-10,17-18H,6-7H2,1H3,(H,22,23)/p-1. The molecule has 2 unspecified atom stereocenters. The molecule has 0 saturated carbocycles. The summed E-state index contributed by atoms with van der Waals surface area (Å²) in [4.78, 5) is 23.4. The van der Waals surface area contributed by atoms with Crippen LogP contribution in [0.15, 0.2) is 42.5 Å². The van der Waals surface area contributed by atoms with Crippen LogP contribution in [-0.2, 0) is 22.4 Å². The van der Waals surface area contributed by atoms with Gasteiger partial charge < -0.3 is 14.6 Å². The first-order valence-corrected chi connectivity index (χ1v) is 7.96. The van der Waals surface area contributed by atoms with E-state index in [0.717, 1.165) is 22.3 Å². The fraction of sp³-hybridized carbons (Fsp3) is 0.250. The van der Waals surface area contributed by atoms with E-state index in [4.69, 9.17) is 4.74 Å². The third kappa shape index (κ3) is 2.99. The molecule has 0 radical (unpaired) electrons. The second-order valence-electron chi connectivity index (χ2n) is 6.01. The summed E-state index contributed by atoms with van der Waals surface area (Å²) < 4.78 is 4.76. The van der Waals surface area contributed by atoms with E-state index in [1.54, 1.807) is 18.2 Å². The molecule has 2 aromatic rings. The molecule has 1 aliphatic carbocycles. The lowest BCUT2D eigenvalue weighted by Gasteiger charge is -2.25. The predicted molar refractivity (Wildman–Crippen MR) is 87.6 cm³/mol. The third-order valence-electron chi connectivity index (χ3n) is 4.68.